The molecule has 0 aliphatic rings. The number of nitrogens with zero attached hydrogens (tertiary/aromatic N) is 1. The minimum absolute atomic E-state index is 0.504. The predicted molar refractivity (Wildman–Crippen MR) is 65.2 cm³/mol. The van der Waals surface area contributed by atoms with E-state index in [1.54, 1.807) is 13.3 Å². The molecule has 1 aromatic rings. The first kappa shape index (κ1) is 12.9. The van der Waals surface area contributed by atoms with Gasteiger partial charge in [0.05, 0.1) is 12.7 Å². The number of hydrogen-bond donors (Lipinski definition) is 2. The van der Waals surface area contributed by atoms with Crippen LogP contribution in [-0.2, 0) is 11.3 Å². The van der Waals surface area contributed by atoms with E-state index in [9.17, 15) is 0 Å². The quantitative estimate of drug-likeness (QED) is 0.574. The molecule has 1 rings (SSSR count). The molecule has 0 bridgehead atoms. The molecule has 0 aromatic carbocycles. The van der Waals surface area contributed by atoms with Crippen LogP contribution in [0.1, 0.15) is 18.1 Å². The molecule has 0 saturated heterocycles. The minimum atomic E-state index is 0.504. The van der Waals surface area contributed by atoms with Crippen molar-refractivity contribution in [3.63, 3.8) is 0 Å². The first-order valence-corrected chi connectivity index (χ1v) is 5.55. The number of rotatable bonds is 6. The van der Waals surface area contributed by atoms with Gasteiger partial charge in [0.25, 0.3) is 0 Å². The topological polar surface area (TPSA) is 59.3 Å². The summed E-state index contributed by atoms with van der Waals surface area (Å²) in [6.07, 6.45) is 2.61. The summed E-state index contributed by atoms with van der Waals surface area (Å²) < 4.78 is 10.2. The van der Waals surface area contributed by atoms with Crippen molar-refractivity contribution in [3.8, 4) is 0 Å². The maximum Gasteiger partial charge on any atom is 0.213 e. The van der Waals surface area contributed by atoms with Gasteiger partial charge in [-0.2, -0.15) is 0 Å². The maximum absolute atomic E-state index is 5.30. The Kier molecular flexibility index (Phi) is 5.81. The van der Waals surface area contributed by atoms with E-state index >= 15 is 0 Å². The van der Waals surface area contributed by atoms with Crippen molar-refractivity contribution in [2.75, 3.05) is 20.3 Å². The molecule has 90 valence electrons. The normalized spacial score (nSPS) is 10.1. The van der Waals surface area contributed by atoms with Crippen molar-refractivity contribution >= 4 is 17.3 Å². The summed E-state index contributed by atoms with van der Waals surface area (Å²) in [5.41, 5.74) is 0. The van der Waals surface area contributed by atoms with E-state index in [2.05, 4.69) is 15.6 Å². The first-order chi connectivity index (χ1) is 7.72. The van der Waals surface area contributed by atoms with Crippen LogP contribution in [0.5, 0.6) is 0 Å². The Hall–Kier alpha value is -1.14. The predicted octanol–water partition coefficient (Wildman–Crippen LogP) is 0.984. The first-order valence-electron chi connectivity index (χ1n) is 5.14. The number of oxazole rings is 1. The summed E-state index contributed by atoms with van der Waals surface area (Å²) in [6, 6.07) is 0. The molecule has 16 heavy (non-hydrogen) atoms. The fraction of sp³-hybridized carbons (Fsp3) is 0.600. The fourth-order valence-corrected chi connectivity index (χ4v) is 1.29. The zero-order chi connectivity index (χ0) is 11.8. The molecule has 0 unspecified atom stereocenters. The van der Waals surface area contributed by atoms with Gasteiger partial charge in [0, 0.05) is 20.3 Å². The molecule has 0 spiro atoms. The van der Waals surface area contributed by atoms with E-state index in [0.717, 1.165) is 25.3 Å². The lowest BCUT2D eigenvalue weighted by Gasteiger charge is -2.08. The monoisotopic (exact) mass is 243 g/mol. The molecule has 0 atom stereocenters. The summed E-state index contributed by atoms with van der Waals surface area (Å²) in [5, 5.41) is 6.68. The van der Waals surface area contributed by atoms with Gasteiger partial charge in [0.15, 0.2) is 5.11 Å². The SMILES string of the molecule is COCCCNC(=S)NCc1ncc(C)o1. The Balaban J connectivity index is 2.10. The summed E-state index contributed by atoms with van der Waals surface area (Å²) >= 11 is 5.08. The van der Waals surface area contributed by atoms with Crippen molar-refractivity contribution in [1.82, 2.24) is 15.6 Å². The highest BCUT2D eigenvalue weighted by molar-refractivity contribution is 7.80. The summed E-state index contributed by atoms with van der Waals surface area (Å²) in [6.45, 7) is 3.89. The highest BCUT2D eigenvalue weighted by atomic mass is 32.1. The van der Waals surface area contributed by atoms with E-state index in [-0.39, 0.29) is 0 Å². The van der Waals surface area contributed by atoms with Gasteiger partial charge in [-0.25, -0.2) is 4.98 Å². The Morgan fingerprint density at radius 2 is 2.38 bits per heavy atom. The smallest absolute Gasteiger partial charge is 0.213 e. The number of hydrogen-bond acceptors (Lipinski definition) is 4. The van der Waals surface area contributed by atoms with Crippen LogP contribution < -0.4 is 10.6 Å². The zero-order valence-electron chi connectivity index (χ0n) is 9.58. The molecule has 0 amide bonds. The maximum atomic E-state index is 5.30. The van der Waals surface area contributed by atoms with Crippen LogP contribution in [0.4, 0.5) is 0 Å². The fourth-order valence-electron chi connectivity index (χ4n) is 1.12. The summed E-state index contributed by atoms with van der Waals surface area (Å²) in [5.74, 6) is 1.44. The molecule has 6 heteroatoms. The van der Waals surface area contributed by atoms with Gasteiger partial charge in [-0.3, -0.25) is 0 Å². The summed E-state index contributed by atoms with van der Waals surface area (Å²) in [7, 11) is 1.68. The minimum Gasteiger partial charge on any atom is -0.444 e. The Morgan fingerprint density at radius 1 is 1.56 bits per heavy atom. The average molecular weight is 243 g/mol. The molecule has 5 nitrogen and oxygen atoms in total. The van der Waals surface area contributed by atoms with Gasteiger partial charge < -0.3 is 19.8 Å². The number of ether oxygens (including phenoxy) is 1. The van der Waals surface area contributed by atoms with Crippen molar-refractivity contribution in [2.45, 2.75) is 19.9 Å². The van der Waals surface area contributed by atoms with Crippen LogP contribution in [0.2, 0.25) is 0 Å². The van der Waals surface area contributed by atoms with Crippen LogP contribution in [0, 0.1) is 6.92 Å². The molecule has 0 fully saturated rings. The van der Waals surface area contributed by atoms with Crippen molar-refractivity contribution in [2.24, 2.45) is 0 Å². The van der Waals surface area contributed by atoms with Crippen LogP contribution in [-0.4, -0.2) is 30.4 Å². The molecule has 2 N–H and O–H groups in total. The summed E-state index contributed by atoms with van der Waals surface area (Å²) in [4.78, 5) is 4.06. The van der Waals surface area contributed by atoms with Crippen molar-refractivity contribution in [1.29, 1.82) is 0 Å². The Morgan fingerprint density at radius 3 is 3.00 bits per heavy atom. The molecule has 0 radical (unpaired) electrons. The van der Waals surface area contributed by atoms with Gasteiger partial charge in [0.1, 0.15) is 5.76 Å². The van der Waals surface area contributed by atoms with E-state index in [4.69, 9.17) is 21.4 Å². The second-order valence-corrected chi connectivity index (χ2v) is 3.73. The van der Waals surface area contributed by atoms with Gasteiger partial charge in [-0.05, 0) is 25.6 Å². The largest absolute Gasteiger partial charge is 0.444 e. The second kappa shape index (κ2) is 7.19. The number of methoxy groups -OCH3 is 1. The van der Waals surface area contributed by atoms with E-state index < -0.39 is 0 Å². The van der Waals surface area contributed by atoms with Gasteiger partial charge >= 0.3 is 0 Å². The third-order valence-electron chi connectivity index (χ3n) is 1.88. The zero-order valence-corrected chi connectivity index (χ0v) is 10.4. The lowest BCUT2D eigenvalue weighted by Crippen LogP contribution is -2.35. The van der Waals surface area contributed by atoms with Crippen molar-refractivity contribution in [3.05, 3.63) is 17.8 Å². The van der Waals surface area contributed by atoms with E-state index in [0.29, 0.717) is 17.5 Å². The second-order valence-electron chi connectivity index (χ2n) is 3.32. The van der Waals surface area contributed by atoms with E-state index in [1.807, 2.05) is 6.92 Å². The number of aromatic nitrogens is 1. The van der Waals surface area contributed by atoms with Gasteiger partial charge in [0.2, 0.25) is 5.89 Å². The molecule has 0 saturated carbocycles. The van der Waals surface area contributed by atoms with Crippen LogP contribution in [0.15, 0.2) is 10.6 Å². The van der Waals surface area contributed by atoms with Crippen molar-refractivity contribution < 1.29 is 9.15 Å². The third kappa shape index (κ3) is 5.09. The Bertz CT molecular complexity index is 328. The molecular weight excluding hydrogens is 226 g/mol. The van der Waals surface area contributed by atoms with Crippen LogP contribution in [0.25, 0.3) is 0 Å². The molecular formula is C10H17N3O2S. The number of thiocarbonyl (C=S) groups is 1. The molecule has 0 aliphatic heterocycles. The number of nitrogens with one attached hydrogen (secondary N) is 2. The van der Waals surface area contributed by atoms with E-state index in [1.165, 1.54) is 0 Å². The van der Waals surface area contributed by atoms with Crippen LogP contribution >= 0.6 is 12.2 Å². The average Bonchev–Trinajstić information content (AvgIpc) is 2.68. The number of aryl methyl sites for hydroxylation is 1. The molecule has 0 aliphatic carbocycles. The third-order valence-corrected chi connectivity index (χ3v) is 2.17. The molecule has 1 aromatic heterocycles. The lowest BCUT2D eigenvalue weighted by molar-refractivity contribution is 0.195. The highest BCUT2D eigenvalue weighted by Crippen LogP contribution is 2.00. The van der Waals surface area contributed by atoms with Gasteiger partial charge in [-0.15, -0.1) is 0 Å². The molecule has 1 heterocycles. The lowest BCUT2D eigenvalue weighted by atomic mass is 10.4. The highest BCUT2D eigenvalue weighted by Gasteiger charge is 2.01. The van der Waals surface area contributed by atoms with Gasteiger partial charge in [-0.1, -0.05) is 0 Å². The van der Waals surface area contributed by atoms with Crippen LogP contribution in [0.3, 0.4) is 0 Å². The standard InChI is InChI=1S/C10H17N3O2S/c1-8-6-12-9(15-8)7-13-10(16)11-4-3-5-14-2/h6H,3-5,7H2,1-2H3,(H2,11,13,16). The Labute approximate surface area is 101 Å².